The Balaban J connectivity index is 2.91. The van der Waals surface area contributed by atoms with E-state index in [9.17, 15) is 9.67 Å². The van der Waals surface area contributed by atoms with E-state index in [1.165, 1.54) is 12.1 Å². The molecule has 16 heavy (non-hydrogen) atoms. The fourth-order valence-electron chi connectivity index (χ4n) is 1.58. The molecule has 0 spiro atoms. The molecule has 2 rings (SSSR count). The Morgan fingerprint density at radius 2 is 1.81 bits per heavy atom. The third kappa shape index (κ3) is 1.88. The van der Waals surface area contributed by atoms with Crippen LogP contribution in [-0.4, -0.2) is 14.9 Å². The predicted octanol–water partition coefficient (Wildman–Crippen LogP) is 0.931. The molecule has 0 amide bonds. The van der Waals surface area contributed by atoms with Crippen molar-refractivity contribution in [1.29, 1.82) is 0 Å². The van der Waals surface area contributed by atoms with Gasteiger partial charge in [0.15, 0.2) is 0 Å². The molecule has 0 aliphatic rings. The van der Waals surface area contributed by atoms with Gasteiger partial charge in [0.25, 0.3) is 0 Å². The van der Waals surface area contributed by atoms with Crippen LogP contribution in [0.3, 0.4) is 0 Å². The van der Waals surface area contributed by atoms with Gasteiger partial charge in [0.1, 0.15) is 5.75 Å². The molecule has 5 N–H and O–H groups in total. The van der Waals surface area contributed by atoms with Crippen molar-refractivity contribution in [2.24, 2.45) is 0 Å². The lowest BCUT2D eigenvalue weighted by Crippen LogP contribution is -2.05. The van der Waals surface area contributed by atoms with Crippen molar-refractivity contribution < 1.29 is 19.5 Å². The van der Waals surface area contributed by atoms with Crippen molar-refractivity contribution in [2.75, 3.05) is 5.73 Å². The Morgan fingerprint density at radius 1 is 1.12 bits per heavy atom. The standard InChI is InChI=1S/C10H10NO4P/c11-7-2-1-6-3-8(12)5-10(9(6)4-7)16(13,14)15/h1-5,12H,11H2,(H2,13,14,15). The van der Waals surface area contributed by atoms with Crippen LogP contribution >= 0.6 is 7.60 Å². The van der Waals surface area contributed by atoms with E-state index < -0.39 is 7.60 Å². The summed E-state index contributed by atoms with van der Waals surface area (Å²) in [5.41, 5.74) is 5.97. The highest BCUT2D eigenvalue weighted by Crippen LogP contribution is 2.38. The summed E-state index contributed by atoms with van der Waals surface area (Å²) >= 11 is 0. The van der Waals surface area contributed by atoms with Crippen LogP contribution in [-0.2, 0) is 4.57 Å². The monoisotopic (exact) mass is 239 g/mol. The molecule has 0 fully saturated rings. The molecule has 0 aromatic heterocycles. The number of phenols is 1. The number of fused-ring (bicyclic) bond motifs is 1. The van der Waals surface area contributed by atoms with Crippen molar-refractivity contribution in [3.63, 3.8) is 0 Å². The van der Waals surface area contributed by atoms with E-state index in [1.807, 2.05) is 0 Å². The minimum atomic E-state index is -4.43. The van der Waals surface area contributed by atoms with Gasteiger partial charge in [0.2, 0.25) is 0 Å². The highest BCUT2D eigenvalue weighted by Gasteiger charge is 2.21. The van der Waals surface area contributed by atoms with Crippen molar-refractivity contribution in [3.8, 4) is 5.75 Å². The zero-order valence-electron chi connectivity index (χ0n) is 8.16. The maximum atomic E-state index is 11.3. The average molecular weight is 239 g/mol. The maximum Gasteiger partial charge on any atom is 0.356 e. The van der Waals surface area contributed by atoms with Crippen molar-refractivity contribution in [1.82, 2.24) is 0 Å². The molecule has 0 saturated carbocycles. The summed E-state index contributed by atoms with van der Waals surface area (Å²) in [7, 11) is -4.43. The molecule has 2 aromatic carbocycles. The lowest BCUT2D eigenvalue weighted by molar-refractivity contribution is 0.387. The first-order valence-corrected chi connectivity index (χ1v) is 6.07. The van der Waals surface area contributed by atoms with Crippen LogP contribution in [0.1, 0.15) is 0 Å². The number of benzene rings is 2. The van der Waals surface area contributed by atoms with Crippen LogP contribution in [0.4, 0.5) is 5.69 Å². The highest BCUT2D eigenvalue weighted by molar-refractivity contribution is 7.60. The second kappa shape index (κ2) is 3.49. The molecule has 84 valence electrons. The Bertz CT molecular complexity index is 605. The number of anilines is 1. The van der Waals surface area contributed by atoms with Crippen molar-refractivity contribution in [2.45, 2.75) is 0 Å². The molecule has 0 saturated heterocycles. The number of hydrogen-bond donors (Lipinski definition) is 4. The Kier molecular flexibility index (Phi) is 2.39. The van der Waals surface area contributed by atoms with E-state index in [0.29, 0.717) is 16.5 Å². The van der Waals surface area contributed by atoms with Crippen LogP contribution < -0.4 is 11.0 Å². The number of nitrogens with two attached hydrogens (primary N) is 1. The second-order valence-electron chi connectivity index (χ2n) is 3.49. The quantitative estimate of drug-likeness (QED) is 0.437. The molecule has 0 radical (unpaired) electrons. The summed E-state index contributed by atoms with van der Waals surface area (Å²) in [4.78, 5) is 18.3. The number of hydrogen-bond acceptors (Lipinski definition) is 3. The Morgan fingerprint density at radius 3 is 2.44 bits per heavy atom. The molecular formula is C10H10NO4P. The Labute approximate surface area is 91.3 Å². The van der Waals surface area contributed by atoms with Crippen LogP contribution in [0.5, 0.6) is 5.75 Å². The first kappa shape index (κ1) is 11.0. The van der Waals surface area contributed by atoms with Crippen LogP contribution in [0.15, 0.2) is 30.3 Å². The molecule has 2 aromatic rings. The van der Waals surface area contributed by atoms with Crippen LogP contribution in [0.2, 0.25) is 0 Å². The van der Waals surface area contributed by atoms with E-state index in [4.69, 9.17) is 15.5 Å². The van der Waals surface area contributed by atoms with E-state index in [2.05, 4.69) is 0 Å². The average Bonchev–Trinajstić information content (AvgIpc) is 2.16. The molecular weight excluding hydrogens is 229 g/mol. The molecule has 0 bridgehead atoms. The predicted molar refractivity (Wildman–Crippen MR) is 61.7 cm³/mol. The molecule has 5 nitrogen and oxygen atoms in total. The number of aromatic hydroxyl groups is 1. The SMILES string of the molecule is Nc1ccc2cc(O)cc(P(=O)(O)O)c2c1. The Hall–Kier alpha value is -1.55. The van der Waals surface area contributed by atoms with Gasteiger partial charge in [-0.05, 0) is 35.0 Å². The summed E-state index contributed by atoms with van der Waals surface area (Å²) in [5, 5.41) is 10.0. The summed E-state index contributed by atoms with van der Waals surface area (Å²) in [5.74, 6) is -0.185. The number of rotatable bonds is 1. The van der Waals surface area contributed by atoms with Crippen molar-refractivity contribution >= 4 is 29.4 Å². The van der Waals surface area contributed by atoms with E-state index in [1.54, 1.807) is 12.1 Å². The fourth-order valence-corrected chi connectivity index (χ4v) is 2.39. The fraction of sp³-hybridized carbons (Fsp3) is 0. The molecule has 6 heteroatoms. The van der Waals surface area contributed by atoms with Gasteiger partial charge in [-0.15, -0.1) is 0 Å². The normalized spacial score (nSPS) is 11.9. The third-order valence-corrected chi connectivity index (χ3v) is 3.25. The molecule has 0 atom stereocenters. The summed E-state index contributed by atoms with van der Waals surface area (Å²) in [6.07, 6.45) is 0. The third-order valence-electron chi connectivity index (χ3n) is 2.26. The van der Waals surface area contributed by atoms with E-state index >= 15 is 0 Å². The highest BCUT2D eigenvalue weighted by atomic mass is 31.2. The van der Waals surface area contributed by atoms with Gasteiger partial charge in [0, 0.05) is 5.69 Å². The minimum absolute atomic E-state index is 0.185. The first-order valence-electron chi connectivity index (χ1n) is 4.46. The maximum absolute atomic E-state index is 11.3. The lowest BCUT2D eigenvalue weighted by Gasteiger charge is -2.09. The van der Waals surface area contributed by atoms with Crippen LogP contribution in [0.25, 0.3) is 10.8 Å². The minimum Gasteiger partial charge on any atom is -0.508 e. The van der Waals surface area contributed by atoms with Crippen molar-refractivity contribution in [3.05, 3.63) is 30.3 Å². The van der Waals surface area contributed by atoms with Gasteiger partial charge in [-0.1, -0.05) is 6.07 Å². The summed E-state index contributed by atoms with van der Waals surface area (Å²) in [6.45, 7) is 0. The smallest absolute Gasteiger partial charge is 0.356 e. The van der Waals surface area contributed by atoms with Gasteiger partial charge in [-0.25, -0.2) is 0 Å². The van der Waals surface area contributed by atoms with Gasteiger partial charge in [-0.3, -0.25) is 4.57 Å². The molecule has 0 aliphatic heterocycles. The summed E-state index contributed by atoms with van der Waals surface area (Å²) in [6, 6.07) is 7.16. The second-order valence-corrected chi connectivity index (χ2v) is 5.06. The van der Waals surface area contributed by atoms with Gasteiger partial charge < -0.3 is 20.6 Å². The van der Waals surface area contributed by atoms with Crippen LogP contribution in [0, 0.1) is 0 Å². The van der Waals surface area contributed by atoms with Gasteiger partial charge in [0.05, 0.1) is 5.30 Å². The lowest BCUT2D eigenvalue weighted by atomic mass is 10.1. The zero-order chi connectivity index (χ0) is 11.9. The first-order chi connectivity index (χ1) is 7.38. The molecule has 0 unspecified atom stereocenters. The number of phenolic OH excluding ortho intramolecular Hbond substituents is 1. The van der Waals surface area contributed by atoms with E-state index in [0.717, 1.165) is 6.07 Å². The number of nitrogen functional groups attached to an aromatic ring is 1. The topological polar surface area (TPSA) is 104 Å². The van der Waals surface area contributed by atoms with Gasteiger partial charge in [-0.2, -0.15) is 0 Å². The van der Waals surface area contributed by atoms with Gasteiger partial charge >= 0.3 is 7.60 Å². The zero-order valence-corrected chi connectivity index (χ0v) is 9.06. The summed E-state index contributed by atoms with van der Waals surface area (Å²) < 4.78 is 11.3. The van der Waals surface area contributed by atoms with E-state index in [-0.39, 0.29) is 11.1 Å². The largest absolute Gasteiger partial charge is 0.508 e. The molecule has 0 aliphatic carbocycles. The molecule has 0 heterocycles.